The zero-order chi connectivity index (χ0) is 15.4. The van der Waals surface area contributed by atoms with Gasteiger partial charge in [-0.05, 0) is 31.5 Å². The van der Waals surface area contributed by atoms with E-state index in [1.807, 2.05) is 0 Å². The van der Waals surface area contributed by atoms with Gasteiger partial charge in [-0.3, -0.25) is 4.79 Å². The molecule has 0 bridgehead atoms. The average Bonchev–Trinajstić information content (AvgIpc) is 2.43. The number of aromatic nitrogens is 1. The van der Waals surface area contributed by atoms with Crippen LogP contribution < -0.4 is 5.43 Å². The molecule has 1 aromatic carbocycles. The lowest BCUT2D eigenvalue weighted by Gasteiger charge is -2.10. The lowest BCUT2D eigenvalue weighted by Crippen LogP contribution is -2.22. The highest BCUT2D eigenvalue weighted by molar-refractivity contribution is 5.89. The van der Waals surface area contributed by atoms with Gasteiger partial charge in [-0.15, -0.1) is 0 Å². The van der Waals surface area contributed by atoms with Crippen LogP contribution in [0.15, 0.2) is 41.5 Å². The molecule has 0 N–H and O–H groups in total. The molecule has 4 nitrogen and oxygen atoms in total. The number of ether oxygens (including phenoxy) is 1. The van der Waals surface area contributed by atoms with Gasteiger partial charge in [-0.2, -0.15) is 0 Å². The van der Waals surface area contributed by atoms with E-state index in [0.717, 1.165) is 5.56 Å². The molecule has 0 aliphatic rings. The molecule has 0 spiro atoms. The number of halogens is 1. The Labute approximate surface area is 121 Å². The molecule has 21 heavy (non-hydrogen) atoms. The average molecular weight is 289 g/mol. The number of esters is 1. The molecule has 0 radical (unpaired) electrons. The number of rotatable bonds is 4. The van der Waals surface area contributed by atoms with Gasteiger partial charge >= 0.3 is 5.97 Å². The number of aryl methyl sites for hydroxylation is 1. The second-order valence-corrected chi connectivity index (χ2v) is 4.71. The molecule has 0 aliphatic heterocycles. The summed E-state index contributed by atoms with van der Waals surface area (Å²) in [6.45, 7) is 3.88. The van der Waals surface area contributed by atoms with Crippen molar-refractivity contribution in [2.45, 2.75) is 20.4 Å². The van der Waals surface area contributed by atoms with Gasteiger partial charge < -0.3 is 9.30 Å². The Kier molecular flexibility index (Phi) is 4.52. The maximum atomic E-state index is 13.2. The van der Waals surface area contributed by atoms with E-state index in [0.29, 0.717) is 12.1 Å². The molecular formula is C16H16FNO3. The molecule has 1 aromatic heterocycles. The predicted octanol–water partition coefficient (Wildman–Crippen LogP) is 2.52. The maximum absolute atomic E-state index is 13.2. The fourth-order valence-corrected chi connectivity index (χ4v) is 2.07. The summed E-state index contributed by atoms with van der Waals surface area (Å²) >= 11 is 0. The second-order valence-electron chi connectivity index (χ2n) is 4.71. The fourth-order valence-electron chi connectivity index (χ4n) is 2.07. The molecule has 5 heteroatoms. The number of carbonyl (C=O) groups is 1. The zero-order valence-corrected chi connectivity index (χ0v) is 11.9. The third-order valence-electron chi connectivity index (χ3n) is 3.01. The van der Waals surface area contributed by atoms with Crippen LogP contribution in [0, 0.1) is 12.7 Å². The number of benzene rings is 1. The van der Waals surface area contributed by atoms with Crippen LogP contribution in [0.25, 0.3) is 0 Å². The normalized spacial score (nSPS) is 10.4. The number of carbonyl (C=O) groups excluding carboxylic acids is 1. The Bertz CT molecular complexity index is 722. The fraction of sp³-hybridized carbons (Fsp3) is 0.250. The first-order chi connectivity index (χ1) is 10.0. The quantitative estimate of drug-likeness (QED) is 0.813. The molecule has 110 valence electrons. The van der Waals surface area contributed by atoms with Crippen molar-refractivity contribution in [1.29, 1.82) is 0 Å². The number of pyridine rings is 1. The van der Waals surface area contributed by atoms with Crippen LogP contribution in [0.1, 0.15) is 28.4 Å². The van der Waals surface area contributed by atoms with Gasteiger partial charge in [0, 0.05) is 24.5 Å². The van der Waals surface area contributed by atoms with Crippen LogP contribution in [-0.4, -0.2) is 17.1 Å². The summed E-state index contributed by atoms with van der Waals surface area (Å²) in [7, 11) is 0. The van der Waals surface area contributed by atoms with Crippen molar-refractivity contribution in [1.82, 2.24) is 4.57 Å². The molecule has 2 rings (SSSR count). The standard InChI is InChI=1S/C16H16FNO3/c1-3-21-16(20)14-10-18(8-11(2)15(14)19)9-12-5-4-6-13(17)7-12/h4-8,10H,3,9H2,1-2H3. The number of nitrogens with zero attached hydrogens (tertiary/aromatic N) is 1. The third kappa shape index (κ3) is 3.56. The largest absolute Gasteiger partial charge is 0.462 e. The van der Waals surface area contributed by atoms with Crippen LogP contribution in [-0.2, 0) is 11.3 Å². The van der Waals surface area contributed by atoms with Crippen molar-refractivity contribution in [2.24, 2.45) is 0 Å². The van der Waals surface area contributed by atoms with Crippen molar-refractivity contribution < 1.29 is 13.9 Å². The highest BCUT2D eigenvalue weighted by Crippen LogP contribution is 2.07. The molecule has 0 amide bonds. The third-order valence-corrected chi connectivity index (χ3v) is 3.01. The number of hydrogen-bond donors (Lipinski definition) is 0. The van der Waals surface area contributed by atoms with E-state index in [9.17, 15) is 14.0 Å². The summed E-state index contributed by atoms with van der Waals surface area (Å²) in [4.78, 5) is 23.8. The van der Waals surface area contributed by atoms with E-state index >= 15 is 0 Å². The summed E-state index contributed by atoms with van der Waals surface area (Å²) in [6, 6.07) is 6.18. The van der Waals surface area contributed by atoms with Gasteiger partial charge in [0.2, 0.25) is 0 Å². The van der Waals surface area contributed by atoms with Gasteiger partial charge in [-0.25, -0.2) is 9.18 Å². The van der Waals surface area contributed by atoms with Crippen molar-refractivity contribution in [2.75, 3.05) is 6.61 Å². The van der Waals surface area contributed by atoms with Gasteiger partial charge in [0.05, 0.1) is 6.61 Å². The van der Waals surface area contributed by atoms with E-state index in [2.05, 4.69) is 0 Å². The Morgan fingerprint density at radius 2 is 2.10 bits per heavy atom. The molecule has 0 fully saturated rings. The highest BCUT2D eigenvalue weighted by atomic mass is 19.1. The lowest BCUT2D eigenvalue weighted by atomic mass is 10.1. The van der Waals surface area contributed by atoms with Crippen LogP contribution in [0.3, 0.4) is 0 Å². The SMILES string of the molecule is CCOC(=O)c1cn(Cc2cccc(F)c2)cc(C)c1=O. The Balaban J connectivity index is 2.37. The summed E-state index contributed by atoms with van der Waals surface area (Å²) in [5, 5.41) is 0. The molecule has 1 heterocycles. The molecule has 0 aliphatic carbocycles. The monoisotopic (exact) mass is 289 g/mol. The Morgan fingerprint density at radius 1 is 1.33 bits per heavy atom. The van der Waals surface area contributed by atoms with Gasteiger partial charge in [-0.1, -0.05) is 12.1 Å². The smallest absolute Gasteiger partial charge is 0.343 e. The van der Waals surface area contributed by atoms with Crippen LogP contribution >= 0.6 is 0 Å². The second kappa shape index (κ2) is 6.35. The molecule has 2 aromatic rings. The minimum Gasteiger partial charge on any atom is -0.462 e. The topological polar surface area (TPSA) is 48.3 Å². The van der Waals surface area contributed by atoms with E-state index < -0.39 is 5.97 Å². The maximum Gasteiger partial charge on any atom is 0.343 e. The van der Waals surface area contributed by atoms with Crippen LogP contribution in [0.2, 0.25) is 0 Å². The minimum absolute atomic E-state index is 0.00625. The molecular weight excluding hydrogens is 273 g/mol. The zero-order valence-electron chi connectivity index (χ0n) is 11.9. The first-order valence-electron chi connectivity index (χ1n) is 6.63. The molecule has 0 saturated heterocycles. The van der Waals surface area contributed by atoms with Crippen LogP contribution in [0.5, 0.6) is 0 Å². The lowest BCUT2D eigenvalue weighted by molar-refractivity contribution is 0.0523. The molecule has 0 saturated carbocycles. The van der Waals surface area contributed by atoms with E-state index in [-0.39, 0.29) is 23.4 Å². The van der Waals surface area contributed by atoms with Gasteiger partial charge in [0.25, 0.3) is 0 Å². The Morgan fingerprint density at radius 3 is 2.76 bits per heavy atom. The molecule has 0 atom stereocenters. The molecule has 0 unspecified atom stereocenters. The first-order valence-corrected chi connectivity index (χ1v) is 6.63. The van der Waals surface area contributed by atoms with Crippen molar-refractivity contribution in [3.8, 4) is 0 Å². The van der Waals surface area contributed by atoms with Gasteiger partial charge in [0.15, 0.2) is 5.43 Å². The van der Waals surface area contributed by atoms with Gasteiger partial charge in [0.1, 0.15) is 11.4 Å². The summed E-state index contributed by atoms with van der Waals surface area (Å²) in [5.74, 6) is -0.963. The van der Waals surface area contributed by atoms with E-state index in [4.69, 9.17) is 4.74 Å². The summed E-state index contributed by atoms with van der Waals surface area (Å²) in [6.07, 6.45) is 3.08. The Hall–Kier alpha value is -2.43. The van der Waals surface area contributed by atoms with Crippen molar-refractivity contribution >= 4 is 5.97 Å². The minimum atomic E-state index is -0.640. The summed E-state index contributed by atoms with van der Waals surface area (Å²) in [5.41, 5.74) is 0.835. The van der Waals surface area contributed by atoms with Crippen LogP contribution in [0.4, 0.5) is 4.39 Å². The first kappa shape index (κ1) is 15.0. The van der Waals surface area contributed by atoms with E-state index in [1.165, 1.54) is 18.3 Å². The number of hydrogen-bond acceptors (Lipinski definition) is 3. The predicted molar refractivity (Wildman–Crippen MR) is 76.9 cm³/mol. The summed E-state index contributed by atoms with van der Waals surface area (Å²) < 4.78 is 19.7. The van der Waals surface area contributed by atoms with E-state index in [1.54, 1.807) is 36.7 Å². The van der Waals surface area contributed by atoms with Crippen molar-refractivity contribution in [3.63, 3.8) is 0 Å². The highest BCUT2D eigenvalue weighted by Gasteiger charge is 2.14. The van der Waals surface area contributed by atoms with Crippen molar-refractivity contribution in [3.05, 3.63) is 69.4 Å².